The van der Waals surface area contributed by atoms with Gasteiger partial charge >= 0.3 is 0 Å². The maximum atomic E-state index is 12.7. The molecule has 0 aliphatic rings. The highest BCUT2D eigenvalue weighted by Gasteiger charge is 2.29. The van der Waals surface area contributed by atoms with Gasteiger partial charge in [-0.15, -0.1) is 0 Å². The average molecular weight is 399 g/mol. The SMILES string of the molecule is CC(C)C[C@@H](C=O)NC(=O)[C@H](CCC(N)=O)CC(=O)[C@H](CC(N)=O)NC(C)C. The summed E-state index contributed by atoms with van der Waals surface area (Å²) >= 11 is 0. The Morgan fingerprint density at radius 1 is 0.964 bits per heavy atom. The average Bonchev–Trinajstić information content (AvgIpc) is 2.55. The molecule has 3 atom stereocenters. The second-order valence-electron chi connectivity index (χ2n) is 7.80. The van der Waals surface area contributed by atoms with E-state index < -0.39 is 35.7 Å². The molecule has 0 aromatic rings. The molecular weight excluding hydrogens is 364 g/mol. The minimum Gasteiger partial charge on any atom is -0.370 e. The van der Waals surface area contributed by atoms with Gasteiger partial charge < -0.3 is 26.9 Å². The van der Waals surface area contributed by atoms with Crippen LogP contribution in [0.4, 0.5) is 0 Å². The molecule has 0 radical (unpaired) electrons. The van der Waals surface area contributed by atoms with Gasteiger partial charge in [-0.1, -0.05) is 27.7 Å². The molecule has 0 aliphatic heterocycles. The largest absolute Gasteiger partial charge is 0.370 e. The lowest BCUT2D eigenvalue weighted by atomic mass is 9.91. The molecule has 0 bridgehead atoms. The Morgan fingerprint density at radius 2 is 1.57 bits per heavy atom. The van der Waals surface area contributed by atoms with Gasteiger partial charge in [0, 0.05) is 31.2 Å². The first kappa shape index (κ1) is 25.7. The zero-order chi connectivity index (χ0) is 21.9. The van der Waals surface area contributed by atoms with Crippen LogP contribution in [-0.2, 0) is 24.0 Å². The van der Waals surface area contributed by atoms with Crippen molar-refractivity contribution in [2.75, 3.05) is 0 Å². The molecule has 0 spiro atoms. The topological polar surface area (TPSA) is 161 Å². The first-order valence-corrected chi connectivity index (χ1v) is 9.57. The zero-order valence-corrected chi connectivity index (χ0v) is 17.2. The molecule has 9 heteroatoms. The fourth-order valence-electron chi connectivity index (χ4n) is 2.85. The smallest absolute Gasteiger partial charge is 0.224 e. The van der Waals surface area contributed by atoms with E-state index in [4.69, 9.17) is 11.5 Å². The first-order valence-electron chi connectivity index (χ1n) is 9.57. The van der Waals surface area contributed by atoms with E-state index in [1.807, 2.05) is 27.7 Å². The molecular formula is C19H34N4O5. The summed E-state index contributed by atoms with van der Waals surface area (Å²) in [4.78, 5) is 58.9. The number of carbonyl (C=O) groups is 5. The van der Waals surface area contributed by atoms with Gasteiger partial charge in [0.25, 0.3) is 0 Å². The fourth-order valence-corrected chi connectivity index (χ4v) is 2.85. The van der Waals surface area contributed by atoms with Crippen molar-refractivity contribution in [3.05, 3.63) is 0 Å². The van der Waals surface area contributed by atoms with Crippen LogP contribution in [-0.4, -0.2) is 47.9 Å². The lowest BCUT2D eigenvalue weighted by Gasteiger charge is -2.23. The summed E-state index contributed by atoms with van der Waals surface area (Å²) in [6.07, 6.45) is 0.742. The molecule has 0 fully saturated rings. The molecule has 0 saturated carbocycles. The maximum absolute atomic E-state index is 12.7. The molecule has 160 valence electrons. The van der Waals surface area contributed by atoms with Crippen LogP contribution in [0.25, 0.3) is 0 Å². The van der Waals surface area contributed by atoms with Gasteiger partial charge in [-0.25, -0.2) is 0 Å². The summed E-state index contributed by atoms with van der Waals surface area (Å²) < 4.78 is 0. The highest BCUT2D eigenvalue weighted by atomic mass is 16.2. The van der Waals surface area contributed by atoms with Crippen molar-refractivity contribution < 1.29 is 24.0 Å². The predicted octanol–water partition coefficient (Wildman–Crippen LogP) is -0.201. The van der Waals surface area contributed by atoms with Crippen molar-refractivity contribution in [2.24, 2.45) is 23.3 Å². The summed E-state index contributed by atoms with van der Waals surface area (Å²) in [5, 5.41) is 5.59. The van der Waals surface area contributed by atoms with E-state index >= 15 is 0 Å². The third kappa shape index (κ3) is 11.4. The molecule has 6 N–H and O–H groups in total. The van der Waals surface area contributed by atoms with Crippen LogP contribution in [0.2, 0.25) is 0 Å². The number of ketones is 1. The Bertz CT molecular complexity index is 563. The quantitative estimate of drug-likeness (QED) is 0.279. The molecule has 0 saturated heterocycles. The lowest BCUT2D eigenvalue weighted by molar-refractivity contribution is -0.133. The van der Waals surface area contributed by atoms with E-state index in [2.05, 4.69) is 10.6 Å². The predicted molar refractivity (Wildman–Crippen MR) is 105 cm³/mol. The van der Waals surface area contributed by atoms with Crippen molar-refractivity contribution in [2.45, 2.75) is 77.9 Å². The normalized spacial score (nSPS) is 14.4. The molecule has 0 aromatic carbocycles. The van der Waals surface area contributed by atoms with E-state index in [9.17, 15) is 24.0 Å². The van der Waals surface area contributed by atoms with Gasteiger partial charge in [0.15, 0.2) is 5.78 Å². The number of aldehydes is 1. The summed E-state index contributed by atoms with van der Waals surface area (Å²) in [5.41, 5.74) is 10.4. The van der Waals surface area contributed by atoms with E-state index in [0.717, 1.165) is 0 Å². The summed E-state index contributed by atoms with van der Waals surface area (Å²) in [6.45, 7) is 7.48. The second-order valence-corrected chi connectivity index (χ2v) is 7.80. The van der Waals surface area contributed by atoms with Crippen molar-refractivity contribution in [3.8, 4) is 0 Å². The van der Waals surface area contributed by atoms with E-state index in [0.29, 0.717) is 12.7 Å². The van der Waals surface area contributed by atoms with Crippen molar-refractivity contribution in [3.63, 3.8) is 0 Å². The third-order valence-corrected chi connectivity index (χ3v) is 4.10. The van der Waals surface area contributed by atoms with Crippen LogP contribution in [0, 0.1) is 11.8 Å². The zero-order valence-electron chi connectivity index (χ0n) is 17.2. The minimum absolute atomic E-state index is 0.0700. The van der Waals surface area contributed by atoms with Crippen LogP contribution in [0.1, 0.15) is 59.8 Å². The molecule has 3 amide bonds. The highest BCUT2D eigenvalue weighted by Crippen LogP contribution is 2.16. The van der Waals surface area contributed by atoms with Crippen molar-refractivity contribution >= 4 is 29.8 Å². The number of amides is 3. The Balaban J connectivity index is 5.26. The molecule has 9 nitrogen and oxygen atoms in total. The second kappa shape index (κ2) is 13.0. The summed E-state index contributed by atoms with van der Waals surface area (Å²) in [6, 6.07) is -1.57. The molecule has 0 aliphatic carbocycles. The van der Waals surface area contributed by atoms with E-state index in [1.54, 1.807) is 0 Å². The minimum atomic E-state index is -0.834. The highest BCUT2D eigenvalue weighted by molar-refractivity contribution is 5.93. The summed E-state index contributed by atoms with van der Waals surface area (Å²) in [7, 11) is 0. The van der Waals surface area contributed by atoms with Crippen LogP contribution in [0.15, 0.2) is 0 Å². The van der Waals surface area contributed by atoms with E-state index in [-0.39, 0.29) is 43.4 Å². The number of rotatable bonds is 15. The maximum Gasteiger partial charge on any atom is 0.224 e. The van der Waals surface area contributed by atoms with Gasteiger partial charge in [0.05, 0.1) is 12.1 Å². The van der Waals surface area contributed by atoms with Crippen molar-refractivity contribution in [1.29, 1.82) is 0 Å². The van der Waals surface area contributed by atoms with Crippen molar-refractivity contribution in [1.82, 2.24) is 10.6 Å². The van der Waals surface area contributed by atoms with Crippen LogP contribution in [0.3, 0.4) is 0 Å². The molecule has 0 aromatic heterocycles. The number of primary amides is 2. The molecule has 28 heavy (non-hydrogen) atoms. The fraction of sp³-hybridized carbons (Fsp3) is 0.737. The van der Waals surface area contributed by atoms with Crippen LogP contribution < -0.4 is 22.1 Å². The molecule has 0 rings (SSSR count). The summed E-state index contributed by atoms with van der Waals surface area (Å²) in [5.74, 6) is -2.72. The monoisotopic (exact) mass is 398 g/mol. The van der Waals surface area contributed by atoms with Crippen LogP contribution in [0.5, 0.6) is 0 Å². The Morgan fingerprint density at radius 3 is 2.00 bits per heavy atom. The van der Waals surface area contributed by atoms with E-state index in [1.165, 1.54) is 0 Å². The molecule has 0 heterocycles. The Labute approximate surface area is 166 Å². The first-order chi connectivity index (χ1) is 13.0. The Kier molecular flexibility index (Phi) is 11.9. The number of hydrogen-bond acceptors (Lipinski definition) is 6. The number of carbonyl (C=O) groups excluding carboxylic acids is 5. The van der Waals surface area contributed by atoms with Gasteiger partial charge in [0.2, 0.25) is 17.7 Å². The number of nitrogens with one attached hydrogen (secondary N) is 2. The van der Waals surface area contributed by atoms with Crippen LogP contribution >= 0.6 is 0 Å². The standard InChI is InChI=1S/C19H34N4O5/c1-11(2)7-14(10-24)23-19(28)13(5-6-17(20)26)8-16(25)15(9-18(21)27)22-12(3)4/h10-15,22H,5-9H2,1-4H3,(H2,20,26)(H2,21,27)(H,23,28)/t13-,14+,15+/m1/s1. The number of nitrogens with two attached hydrogens (primary N) is 2. The van der Waals surface area contributed by atoms with Gasteiger partial charge in [-0.2, -0.15) is 0 Å². The van der Waals surface area contributed by atoms with Gasteiger partial charge in [-0.3, -0.25) is 19.2 Å². The number of Topliss-reactive ketones (excluding diaryl/α,β-unsaturated/α-hetero) is 1. The Hall–Kier alpha value is -2.29. The molecule has 0 unspecified atom stereocenters. The third-order valence-electron chi connectivity index (χ3n) is 4.10. The number of hydrogen-bond donors (Lipinski definition) is 4. The van der Waals surface area contributed by atoms with Gasteiger partial charge in [0.1, 0.15) is 6.29 Å². The van der Waals surface area contributed by atoms with Gasteiger partial charge in [-0.05, 0) is 18.8 Å². The lowest BCUT2D eigenvalue weighted by Crippen LogP contribution is -2.46.